The first-order chi connectivity index (χ1) is 9.99. The standard InChI is InChI=1S/C14H20ClN3O3/c1-9-8-21-11(7-19)5-18(9)6-14(20)17-13-3-2-10(16)4-12(13)15/h2-4,9,11,19H,5-8,16H2,1H3,(H,17,20). The molecule has 6 nitrogen and oxygen atoms in total. The minimum atomic E-state index is -0.242. The number of carbonyl (C=O) groups is 1. The molecule has 2 atom stereocenters. The third-order valence-corrected chi connectivity index (χ3v) is 3.76. The quantitative estimate of drug-likeness (QED) is 0.720. The lowest BCUT2D eigenvalue weighted by molar-refractivity contribution is -0.122. The molecule has 0 radical (unpaired) electrons. The molecule has 7 heteroatoms. The molecule has 2 rings (SSSR count). The summed E-state index contributed by atoms with van der Waals surface area (Å²) in [5.41, 5.74) is 6.70. The summed E-state index contributed by atoms with van der Waals surface area (Å²) in [7, 11) is 0. The zero-order valence-corrected chi connectivity index (χ0v) is 12.6. The largest absolute Gasteiger partial charge is 0.399 e. The molecule has 1 saturated heterocycles. The second kappa shape index (κ2) is 7.09. The average Bonchev–Trinajstić information content (AvgIpc) is 2.44. The van der Waals surface area contributed by atoms with Crippen LogP contribution in [0.4, 0.5) is 11.4 Å². The molecule has 116 valence electrons. The molecule has 0 saturated carbocycles. The van der Waals surface area contributed by atoms with Crippen LogP contribution in [0, 0.1) is 0 Å². The van der Waals surface area contributed by atoms with Crippen LogP contribution in [-0.2, 0) is 9.53 Å². The molecule has 21 heavy (non-hydrogen) atoms. The van der Waals surface area contributed by atoms with Gasteiger partial charge in [0.15, 0.2) is 0 Å². The summed E-state index contributed by atoms with van der Waals surface area (Å²) in [5.74, 6) is -0.160. The van der Waals surface area contributed by atoms with E-state index in [1.54, 1.807) is 18.2 Å². The highest BCUT2D eigenvalue weighted by Gasteiger charge is 2.27. The van der Waals surface area contributed by atoms with Crippen molar-refractivity contribution in [2.45, 2.75) is 19.1 Å². The summed E-state index contributed by atoms with van der Waals surface area (Å²) in [5, 5.41) is 12.3. The highest BCUT2D eigenvalue weighted by Crippen LogP contribution is 2.24. The van der Waals surface area contributed by atoms with Crippen LogP contribution in [0.5, 0.6) is 0 Å². The van der Waals surface area contributed by atoms with Gasteiger partial charge in [-0.2, -0.15) is 0 Å². The Labute approximate surface area is 128 Å². The highest BCUT2D eigenvalue weighted by atomic mass is 35.5. The summed E-state index contributed by atoms with van der Waals surface area (Å²) >= 11 is 6.03. The molecular formula is C14H20ClN3O3. The van der Waals surface area contributed by atoms with Gasteiger partial charge < -0.3 is 20.9 Å². The van der Waals surface area contributed by atoms with Gasteiger partial charge in [0.2, 0.25) is 5.91 Å². The number of hydrogen-bond donors (Lipinski definition) is 3. The van der Waals surface area contributed by atoms with Crippen LogP contribution in [0.1, 0.15) is 6.92 Å². The van der Waals surface area contributed by atoms with Crippen LogP contribution in [0.25, 0.3) is 0 Å². The Bertz CT molecular complexity index is 512. The summed E-state index contributed by atoms with van der Waals surface area (Å²) in [6.45, 7) is 3.19. The Kier molecular flexibility index (Phi) is 5.41. The molecule has 1 heterocycles. The predicted molar refractivity (Wildman–Crippen MR) is 82.4 cm³/mol. The van der Waals surface area contributed by atoms with E-state index in [4.69, 9.17) is 27.2 Å². The first-order valence-electron chi connectivity index (χ1n) is 6.81. The van der Waals surface area contributed by atoms with Crippen LogP contribution in [0.3, 0.4) is 0 Å². The van der Waals surface area contributed by atoms with Gasteiger partial charge in [0, 0.05) is 18.3 Å². The lowest BCUT2D eigenvalue weighted by Gasteiger charge is -2.36. The van der Waals surface area contributed by atoms with Crippen LogP contribution >= 0.6 is 11.6 Å². The molecule has 0 spiro atoms. The van der Waals surface area contributed by atoms with E-state index < -0.39 is 0 Å². The van der Waals surface area contributed by atoms with E-state index in [1.807, 2.05) is 11.8 Å². The lowest BCUT2D eigenvalue weighted by atomic mass is 10.2. The number of nitrogens with two attached hydrogens (primary N) is 1. The van der Waals surface area contributed by atoms with Gasteiger partial charge >= 0.3 is 0 Å². The van der Waals surface area contributed by atoms with Crippen LogP contribution in [-0.4, -0.2) is 54.4 Å². The smallest absolute Gasteiger partial charge is 0.238 e. The number of morpholine rings is 1. The van der Waals surface area contributed by atoms with Gasteiger partial charge in [0.1, 0.15) is 0 Å². The van der Waals surface area contributed by atoms with Crippen molar-refractivity contribution in [1.29, 1.82) is 0 Å². The van der Waals surface area contributed by atoms with Crippen molar-refractivity contribution in [3.8, 4) is 0 Å². The lowest BCUT2D eigenvalue weighted by Crippen LogP contribution is -2.51. The molecule has 1 amide bonds. The number of ether oxygens (including phenoxy) is 1. The summed E-state index contributed by atoms with van der Waals surface area (Å²) in [6.07, 6.45) is -0.242. The molecule has 4 N–H and O–H groups in total. The second-order valence-electron chi connectivity index (χ2n) is 5.20. The number of halogens is 1. The zero-order chi connectivity index (χ0) is 15.4. The Hall–Kier alpha value is -1.34. The minimum absolute atomic E-state index is 0.0470. The van der Waals surface area contributed by atoms with E-state index in [-0.39, 0.29) is 31.2 Å². The van der Waals surface area contributed by atoms with E-state index in [0.29, 0.717) is 29.5 Å². The number of anilines is 2. The Morgan fingerprint density at radius 1 is 1.62 bits per heavy atom. The Balaban J connectivity index is 1.94. The fraction of sp³-hybridized carbons (Fsp3) is 0.500. The monoisotopic (exact) mass is 313 g/mol. The number of nitrogens with one attached hydrogen (secondary N) is 1. The molecule has 1 fully saturated rings. The van der Waals surface area contributed by atoms with Crippen LogP contribution in [0.2, 0.25) is 5.02 Å². The Morgan fingerprint density at radius 3 is 3.05 bits per heavy atom. The second-order valence-corrected chi connectivity index (χ2v) is 5.61. The zero-order valence-electron chi connectivity index (χ0n) is 11.9. The number of amides is 1. The maximum atomic E-state index is 12.1. The maximum absolute atomic E-state index is 12.1. The molecule has 1 aromatic carbocycles. The van der Waals surface area contributed by atoms with Gasteiger partial charge in [-0.05, 0) is 25.1 Å². The number of hydrogen-bond acceptors (Lipinski definition) is 5. The van der Waals surface area contributed by atoms with E-state index in [0.717, 1.165) is 0 Å². The number of carbonyl (C=O) groups excluding carboxylic acids is 1. The fourth-order valence-corrected chi connectivity index (χ4v) is 2.45. The molecule has 0 aromatic heterocycles. The number of benzene rings is 1. The average molecular weight is 314 g/mol. The number of aliphatic hydroxyl groups is 1. The third kappa shape index (κ3) is 4.31. The minimum Gasteiger partial charge on any atom is -0.399 e. The van der Waals surface area contributed by atoms with Crippen LogP contribution in [0.15, 0.2) is 18.2 Å². The van der Waals surface area contributed by atoms with Crippen molar-refractivity contribution in [2.24, 2.45) is 0 Å². The van der Waals surface area contributed by atoms with Crippen molar-refractivity contribution in [3.05, 3.63) is 23.2 Å². The fourth-order valence-electron chi connectivity index (χ4n) is 2.21. The summed E-state index contributed by atoms with van der Waals surface area (Å²) in [6, 6.07) is 5.08. The molecule has 0 aliphatic carbocycles. The SMILES string of the molecule is CC1COC(CO)CN1CC(=O)Nc1ccc(N)cc1Cl. The molecule has 0 bridgehead atoms. The normalized spacial score (nSPS) is 23.0. The number of aliphatic hydroxyl groups excluding tert-OH is 1. The molecule has 1 aliphatic heterocycles. The third-order valence-electron chi connectivity index (χ3n) is 3.45. The van der Waals surface area contributed by atoms with Crippen molar-refractivity contribution >= 4 is 28.9 Å². The van der Waals surface area contributed by atoms with E-state index in [2.05, 4.69) is 5.32 Å². The van der Waals surface area contributed by atoms with E-state index in [9.17, 15) is 4.79 Å². The van der Waals surface area contributed by atoms with E-state index >= 15 is 0 Å². The van der Waals surface area contributed by atoms with Gasteiger partial charge in [-0.15, -0.1) is 0 Å². The predicted octanol–water partition coefficient (Wildman–Crippen LogP) is 0.942. The molecule has 1 aliphatic rings. The van der Waals surface area contributed by atoms with Gasteiger partial charge in [0.25, 0.3) is 0 Å². The summed E-state index contributed by atoms with van der Waals surface area (Å²) < 4.78 is 5.44. The Morgan fingerprint density at radius 2 is 2.38 bits per heavy atom. The highest BCUT2D eigenvalue weighted by molar-refractivity contribution is 6.34. The topological polar surface area (TPSA) is 87.8 Å². The number of nitrogens with zero attached hydrogens (tertiary/aromatic N) is 1. The summed E-state index contributed by atoms with van der Waals surface area (Å²) in [4.78, 5) is 14.1. The van der Waals surface area contributed by atoms with Crippen molar-refractivity contribution in [3.63, 3.8) is 0 Å². The number of rotatable bonds is 4. The van der Waals surface area contributed by atoms with Gasteiger partial charge in [-0.3, -0.25) is 9.69 Å². The van der Waals surface area contributed by atoms with Gasteiger partial charge in [-0.25, -0.2) is 0 Å². The molecule has 1 aromatic rings. The van der Waals surface area contributed by atoms with E-state index in [1.165, 1.54) is 0 Å². The van der Waals surface area contributed by atoms with Gasteiger partial charge in [-0.1, -0.05) is 11.6 Å². The van der Waals surface area contributed by atoms with Crippen molar-refractivity contribution < 1.29 is 14.6 Å². The van der Waals surface area contributed by atoms with Gasteiger partial charge in [0.05, 0.1) is 36.6 Å². The molecule has 2 unspecified atom stereocenters. The first-order valence-corrected chi connectivity index (χ1v) is 7.18. The maximum Gasteiger partial charge on any atom is 0.238 e. The van der Waals surface area contributed by atoms with Crippen molar-refractivity contribution in [1.82, 2.24) is 4.90 Å². The first kappa shape index (κ1) is 16.0. The number of nitrogen functional groups attached to an aromatic ring is 1. The molecular weight excluding hydrogens is 294 g/mol. The van der Waals surface area contributed by atoms with Crippen molar-refractivity contribution in [2.75, 3.05) is 37.4 Å². The van der Waals surface area contributed by atoms with Crippen LogP contribution < -0.4 is 11.1 Å².